The third kappa shape index (κ3) is 1.71. The molecule has 0 amide bonds. The normalized spacial score (nSPS) is 13.0. The smallest absolute Gasteiger partial charge is 0.178 e. The average Bonchev–Trinajstić information content (AvgIpc) is 2.96. The zero-order valence-corrected chi connectivity index (χ0v) is 11.3. The number of aromatic nitrogens is 2. The third-order valence-electron chi connectivity index (χ3n) is 3.04. The Morgan fingerprint density at radius 2 is 2.17 bits per heavy atom. The molecule has 1 aromatic carbocycles. The molecule has 18 heavy (non-hydrogen) atoms. The van der Waals surface area contributed by atoms with Gasteiger partial charge in [-0.15, -0.1) is 11.3 Å². The SMILES string of the molecule is CC(c1cccs1)n1c(=S)[nH]c2c(F)cccc21. The van der Waals surface area contributed by atoms with E-state index in [1.165, 1.54) is 10.9 Å². The Hall–Kier alpha value is -1.46. The number of para-hydroxylation sites is 1. The fourth-order valence-electron chi connectivity index (χ4n) is 2.15. The summed E-state index contributed by atoms with van der Waals surface area (Å²) in [5.74, 6) is -0.268. The van der Waals surface area contributed by atoms with E-state index in [0.717, 1.165) is 5.52 Å². The van der Waals surface area contributed by atoms with Gasteiger partial charge in [-0.1, -0.05) is 12.1 Å². The molecule has 0 spiro atoms. The molecule has 5 heteroatoms. The number of hydrogen-bond acceptors (Lipinski definition) is 2. The molecule has 0 bridgehead atoms. The van der Waals surface area contributed by atoms with Crippen molar-refractivity contribution < 1.29 is 4.39 Å². The summed E-state index contributed by atoms with van der Waals surface area (Å²) in [6.45, 7) is 2.07. The summed E-state index contributed by atoms with van der Waals surface area (Å²) in [7, 11) is 0. The highest BCUT2D eigenvalue weighted by molar-refractivity contribution is 7.71. The predicted octanol–water partition coefficient (Wildman–Crippen LogP) is 4.51. The Balaban J connectivity index is 2.26. The van der Waals surface area contributed by atoms with E-state index >= 15 is 0 Å². The molecule has 1 N–H and O–H groups in total. The van der Waals surface area contributed by atoms with Crippen molar-refractivity contribution in [1.29, 1.82) is 0 Å². The summed E-state index contributed by atoms with van der Waals surface area (Å²) in [6, 6.07) is 9.21. The van der Waals surface area contributed by atoms with E-state index in [-0.39, 0.29) is 11.9 Å². The fraction of sp³-hybridized carbons (Fsp3) is 0.154. The van der Waals surface area contributed by atoms with E-state index in [1.807, 2.05) is 22.1 Å². The molecule has 1 atom stereocenters. The molecule has 3 rings (SSSR count). The number of imidazole rings is 1. The number of aromatic amines is 1. The maximum Gasteiger partial charge on any atom is 0.178 e. The predicted molar refractivity (Wildman–Crippen MR) is 75.2 cm³/mol. The minimum Gasteiger partial charge on any atom is -0.328 e. The topological polar surface area (TPSA) is 20.7 Å². The number of rotatable bonds is 2. The molecule has 0 aliphatic rings. The zero-order valence-electron chi connectivity index (χ0n) is 9.68. The van der Waals surface area contributed by atoms with Crippen molar-refractivity contribution in [3.05, 3.63) is 51.2 Å². The van der Waals surface area contributed by atoms with Crippen LogP contribution in [0.3, 0.4) is 0 Å². The molecule has 0 saturated heterocycles. The number of H-pyrrole nitrogens is 1. The number of thiophene rings is 1. The number of hydrogen-bond donors (Lipinski definition) is 1. The molecule has 1 unspecified atom stereocenters. The van der Waals surface area contributed by atoms with Gasteiger partial charge in [0.25, 0.3) is 0 Å². The first-order valence-electron chi connectivity index (χ1n) is 5.60. The van der Waals surface area contributed by atoms with E-state index in [2.05, 4.69) is 18.0 Å². The summed E-state index contributed by atoms with van der Waals surface area (Å²) in [5.41, 5.74) is 1.28. The number of halogens is 1. The Morgan fingerprint density at radius 3 is 2.89 bits per heavy atom. The van der Waals surface area contributed by atoms with Crippen molar-refractivity contribution in [3.63, 3.8) is 0 Å². The van der Waals surface area contributed by atoms with E-state index in [4.69, 9.17) is 12.2 Å². The van der Waals surface area contributed by atoms with Gasteiger partial charge in [-0.25, -0.2) is 4.39 Å². The van der Waals surface area contributed by atoms with Gasteiger partial charge in [-0.3, -0.25) is 0 Å². The molecule has 0 aliphatic carbocycles. The maximum absolute atomic E-state index is 13.7. The first-order chi connectivity index (χ1) is 8.68. The Kier molecular flexibility index (Phi) is 2.80. The first kappa shape index (κ1) is 11.6. The van der Waals surface area contributed by atoms with Gasteiger partial charge in [0.15, 0.2) is 4.77 Å². The molecule has 0 radical (unpaired) electrons. The zero-order chi connectivity index (χ0) is 12.7. The van der Waals surface area contributed by atoms with Crippen LogP contribution in [0.15, 0.2) is 35.7 Å². The van der Waals surface area contributed by atoms with Crippen LogP contribution >= 0.6 is 23.6 Å². The number of fused-ring (bicyclic) bond motifs is 1. The van der Waals surface area contributed by atoms with Crippen LogP contribution in [0.25, 0.3) is 11.0 Å². The summed E-state index contributed by atoms with van der Waals surface area (Å²) in [5, 5.41) is 2.03. The van der Waals surface area contributed by atoms with Crippen molar-refractivity contribution in [2.75, 3.05) is 0 Å². The van der Waals surface area contributed by atoms with Gasteiger partial charge in [-0.05, 0) is 42.7 Å². The van der Waals surface area contributed by atoms with Crippen LogP contribution in [0.2, 0.25) is 0 Å². The molecule has 2 heterocycles. The standard InChI is InChI=1S/C13H11FN2S2/c1-8(11-6-3-7-18-11)16-10-5-2-4-9(14)12(10)15-13(16)17/h2-8H,1H3,(H,15,17). The molecule has 0 aliphatic heterocycles. The number of nitrogens with one attached hydrogen (secondary N) is 1. The molecular weight excluding hydrogens is 267 g/mol. The fourth-order valence-corrected chi connectivity index (χ4v) is 3.29. The molecule has 2 nitrogen and oxygen atoms in total. The first-order valence-corrected chi connectivity index (χ1v) is 6.89. The second-order valence-electron chi connectivity index (χ2n) is 4.13. The lowest BCUT2D eigenvalue weighted by atomic mass is 10.2. The van der Waals surface area contributed by atoms with Crippen LogP contribution in [-0.4, -0.2) is 9.55 Å². The number of nitrogens with zero attached hydrogens (tertiary/aromatic N) is 1. The van der Waals surface area contributed by atoms with Crippen LogP contribution in [0, 0.1) is 10.6 Å². The minimum absolute atomic E-state index is 0.105. The van der Waals surface area contributed by atoms with Crippen molar-refractivity contribution >= 4 is 34.6 Å². The van der Waals surface area contributed by atoms with Crippen LogP contribution < -0.4 is 0 Å². The van der Waals surface area contributed by atoms with Crippen molar-refractivity contribution in [2.45, 2.75) is 13.0 Å². The van der Waals surface area contributed by atoms with E-state index in [0.29, 0.717) is 10.3 Å². The Morgan fingerprint density at radius 1 is 1.33 bits per heavy atom. The van der Waals surface area contributed by atoms with Crippen LogP contribution in [0.5, 0.6) is 0 Å². The molecule has 2 aromatic heterocycles. The highest BCUT2D eigenvalue weighted by Crippen LogP contribution is 2.27. The molecule has 92 valence electrons. The van der Waals surface area contributed by atoms with Gasteiger partial charge in [0.2, 0.25) is 0 Å². The highest BCUT2D eigenvalue weighted by Gasteiger charge is 2.15. The van der Waals surface area contributed by atoms with Gasteiger partial charge in [-0.2, -0.15) is 0 Å². The molecular formula is C13H11FN2S2. The van der Waals surface area contributed by atoms with Gasteiger partial charge in [0, 0.05) is 4.88 Å². The van der Waals surface area contributed by atoms with Gasteiger partial charge in [0.05, 0.1) is 11.6 Å². The van der Waals surface area contributed by atoms with Crippen LogP contribution in [0.1, 0.15) is 17.8 Å². The van der Waals surface area contributed by atoms with Crippen LogP contribution in [0.4, 0.5) is 4.39 Å². The second kappa shape index (κ2) is 4.33. The summed E-state index contributed by atoms with van der Waals surface area (Å²) < 4.78 is 16.2. The monoisotopic (exact) mass is 278 g/mol. The van der Waals surface area contributed by atoms with Crippen molar-refractivity contribution in [1.82, 2.24) is 9.55 Å². The Labute approximate surface area is 113 Å². The Bertz CT molecular complexity index is 740. The second-order valence-corrected chi connectivity index (χ2v) is 5.49. The molecule has 0 saturated carbocycles. The van der Waals surface area contributed by atoms with Gasteiger partial charge < -0.3 is 9.55 Å². The maximum atomic E-state index is 13.7. The summed E-state index contributed by atoms with van der Waals surface area (Å²) in [6.07, 6.45) is 0. The summed E-state index contributed by atoms with van der Waals surface area (Å²) >= 11 is 6.98. The largest absolute Gasteiger partial charge is 0.328 e. The third-order valence-corrected chi connectivity index (χ3v) is 4.39. The number of benzene rings is 1. The minimum atomic E-state index is -0.268. The van der Waals surface area contributed by atoms with E-state index < -0.39 is 0 Å². The van der Waals surface area contributed by atoms with Crippen molar-refractivity contribution in [3.8, 4) is 0 Å². The lowest BCUT2D eigenvalue weighted by molar-refractivity contribution is 0.637. The van der Waals surface area contributed by atoms with Gasteiger partial charge >= 0.3 is 0 Å². The molecule has 3 aromatic rings. The van der Waals surface area contributed by atoms with Crippen molar-refractivity contribution in [2.24, 2.45) is 0 Å². The lowest BCUT2D eigenvalue weighted by Crippen LogP contribution is -2.04. The summed E-state index contributed by atoms with van der Waals surface area (Å²) in [4.78, 5) is 4.15. The molecule has 0 fully saturated rings. The van der Waals surface area contributed by atoms with Gasteiger partial charge in [0.1, 0.15) is 11.3 Å². The van der Waals surface area contributed by atoms with Crippen LogP contribution in [-0.2, 0) is 0 Å². The van der Waals surface area contributed by atoms with E-state index in [9.17, 15) is 4.39 Å². The highest BCUT2D eigenvalue weighted by atomic mass is 32.1. The average molecular weight is 278 g/mol. The quantitative estimate of drug-likeness (QED) is 0.684. The lowest BCUT2D eigenvalue weighted by Gasteiger charge is -2.12. The van der Waals surface area contributed by atoms with E-state index in [1.54, 1.807) is 17.4 Å².